The Morgan fingerprint density at radius 1 is 1.08 bits per heavy atom. The normalized spacial score (nSPS) is 18.6. The van der Waals surface area contributed by atoms with Crippen LogP contribution >= 0.6 is 0 Å². The predicted octanol–water partition coefficient (Wildman–Crippen LogP) is 1.91. The van der Waals surface area contributed by atoms with Gasteiger partial charge in [-0.25, -0.2) is 4.79 Å². The van der Waals surface area contributed by atoms with Crippen molar-refractivity contribution in [3.63, 3.8) is 0 Å². The minimum absolute atomic E-state index is 0.00338. The molecule has 6 nitrogen and oxygen atoms in total. The minimum atomic E-state index is -0.0890. The van der Waals surface area contributed by atoms with Crippen molar-refractivity contribution in [1.29, 1.82) is 0 Å². The highest BCUT2D eigenvalue weighted by molar-refractivity contribution is 5.96. The van der Waals surface area contributed by atoms with Crippen molar-refractivity contribution in [3.8, 4) is 0 Å². The number of urea groups is 1. The molecule has 0 atom stereocenters. The molecule has 0 saturated carbocycles. The number of ether oxygens (including phenoxy) is 1. The number of amides is 3. The maximum Gasteiger partial charge on any atom is 0.325 e. The Morgan fingerprint density at radius 3 is 2.38 bits per heavy atom. The molecule has 1 aromatic rings. The number of carbonyl (C=O) groups is 2. The average Bonchev–Trinajstić information content (AvgIpc) is 2.96. The fraction of sp³-hybridized carbons (Fsp3) is 0.556. The van der Waals surface area contributed by atoms with Crippen LogP contribution in [0.15, 0.2) is 24.3 Å². The summed E-state index contributed by atoms with van der Waals surface area (Å²) >= 11 is 0. The number of carbonyl (C=O) groups excluding carboxylic acids is 2. The van der Waals surface area contributed by atoms with E-state index in [1.807, 2.05) is 12.1 Å². The molecule has 0 unspecified atom stereocenters. The van der Waals surface area contributed by atoms with Crippen LogP contribution in [0.2, 0.25) is 0 Å². The summed E-state index contributed by atoms with van der Waals surface area (Å²) in [4.78, 5) is 30.1. The van der Waals surface area contributed by atoms with Gasteiger partial charge in [-0.2, -0.15) is 0 Å². The molecule has 24 heavy (non-hydrogen) atoms. The molecule has 2 aliphatic heterocycles. The maximum atomic E-state index is 12.6. The molecular weight excluding hydrogens is 306 g/mol. The molecule has 2 aliphatic rings. The topological polar surface area (TPSA) is 53.1 Å². The third kappa shape index (κ3) is 3.53. The first-order chi connectivity index (χ1) is 11.6. The summed E-state index contributed by atoms with van der Waals surface area (Å²) < 4.78 is 5.26. The van der Waals surface area contributed by atoms with E-state index in [1.165, 1.54) is 5.56 Å². The highest BCUT2D eigenvalue weighted by Crippen LogP contribution is 2.23. The lowest BCUT2D eigenvalue weighted by atomic mass is 10.0. The van der Waals surface area contributed by atoms with Crippen molar-refractivity contribution in [1.82, 2.24) is 9.80 Å². The minimum Gasteiger partial charge on any atom is -0.378 e. The van der Waals surface area contributed by atoms with Gasteiger partial charge in [-0.15, -0.1) is 0 Å². The van der Waals surface area contributed by atoms with Gasteiger partial charge in [-0.1, -0.05) is 26.0 Å². The van der Waals surface area contributed by atoms with E-state index in [1.54, 1.807) is 14.7 Å². The Labute approximate surface area is 143 Å². The highest BCUT2D eigenvalue weighted by atomic mass is 16.5. The van der Waals surface area contributed by atoms with Gasteiger partial charge in [0.05, 0.1) is 13.2 Å². The van der Waals surface area contributed by atoms with Gasteiger partial charge in [0.25, 0.3) is 0 Å². The number of anilines is 1. The van der Waals surface area contributed by atoms with Crippen molar-refractivity contribution in [2.45, 2.75) is 19.8 Å². The second-order valence-electron chi connectivity index (χ2n) is 6.60. The zero-order chi connectivity index (χ0) is 17.1. The summed E-state index contributed by atoms with van der Waals surface area (Å²) in [5, 5.41) is 0. The van der Waals surface area contributed by atoms with Gasteiger partial charge >= 0.3 is 6.03 Å². The molecule has 0 bridgehead atoms. The van der Waals surface area contributed by atoms with Crippen molar-refractivity contribution < 1.29 is 14.3 Å². The first-order valence-electron chi connectivity index (χ1n) is 8.58. The zero-order valence-electron chi connectivity index (χ0n) is 14.4. The van der Waals surface area contributed by atoms with Crippen LogP contribution in [0.1, 0.15) is 25.3 Å². The summed E-state index contributed by atoms with van der Waals surface area (Å²) in [7, 11) is 0. The predicted molar refractivity (Wildman–Crippen MR) is 92.2 cm³/mol. The van der Waals surface area contributed by atoms with Gasteiger partial charge in [0.1, 0.15) is 6.54 Å². The van der Waals surface area contributed by atoms with Crippen LogP contribution in [0.5, 0.6) is 0 Å². The van der Waals surface area contributed by atoms with E-state index in [2.05, 4.69) is 26.0 Å². The van der Waals surface area contributed by atoms with Gasteiger partial charge in [0, 0.05) is 31.9 Å². The lowest BCUT2D eigenvalue weighted by Gasteiger charge is -2.28. The lowest BCUT2D eigenvalue weighted by molar-refractivity contribution is -0.135. The molecule has 6 heteroatoms. The molecule has 0 aromatic heterocycles. The molecule has 2 fully saturated rings. The van der Waals surface area contributed by atoms with Gasteiger partial charge in [-0.05, 0) is 23.6 Å². The van der Waals surface area contributed by atoms with Gasteiger partial charge in [0.15, 0.2) is 0 Å². The number of nitrogens with zero attached hydrogens (tertiary/aromatic N) is 3. The summed E-state index contributed by atoms with van der Waals surface area (Å²) in [6.07, 6.45) is 0. The first kappa shape index (κ1) is 16.8. The Kier molecular flexibility index (Phi) is 5.04. The summed E-state index contributed by atoms with van der Waals surface area (Å²) in [6, 6.07) is 8.01. The van der Waals surface area contributed by atoms with Gasteiger partial charge < -0.3 is 14.5 Å². The molecule has 0 radical (unpaired) electrons. The summed E-state index contributed by atoms with van der Waals surface area (Å²) in [5.41, 5.74) is 2.15. The van der Waals surface area contributed by atoms with Crippen molar-refractivity contribution in [2.24, 2.45) is 0 Å². The van der Waals surface area contributed by atoms with E-state index < -0.39 is 0 Å². The smallest absolute Gasteiger partial charge is 0.325 e. The van der Waals surface area contributed by atoms with Gasteiger partial charge in [-0.3, -0.25) is 9.69 Å². The molecule has 0 aliphatic carbocycles. The SMILES string of the molecule is CC(C)c1ccc(N2CCN(CC(=O)N3CCOCC3)C2=O)cc1. The Balaban J connectivity index is 1.61. The van der Waals surface area contributed by atoms with Crippen LogP contribution in [0, 0.1) is 0 Å². The number of benzene rings is 1. The standard InChI is InChI=1S/C18H25N3O3/c1-14(2)15-3-5-16(6-4-15)21-8-7-20(18(21)23)13-17(22)19-9-11-24-12-10-19/h3-6,14H,7-13H2,1-2H3. The second-order valence-corrected chi connectivity index (χ2v) is 6.60. The molecule has 2 heterocycles. The van der Waals surface area contributed by atoms with E-state index in [4.69, 9.17) is 4.74 Å². The maximum absolute atomic E-state index is 12.6. The monoisotopic (exact) mass is 331 g/mol. The lowest BCUT2D eigenvalue weighted by Crippen LogP contribution is -2.46. The van der Waals surface area contributed by atoms with E-state index >= 15 is 0 Å². The third-order valence-corrected chi connectivity index (χ3v) is 4.66. The van der Waals surface area contributed by atoms with E-state index in [9.17, 15) is 9.59 Å². The largest absolute Gasteiger partial charge is 0.378 e. The van der Waals surface area contributed by atoms with Crippen LogP contribution in [0.3, 0.4) is 0 Å². The summed E-state index contributed by atoms with van der Waals surface area (Å²) in [6.45, 7) is 8.03. The molecular formula is C18H25N3O3. The fourth-order valence-electron chi connectivity index (χ4n) is 3.08. The van der Waals surface area contributed by atoms with Crippen molar-refractivity contribution in [3.05, 3.63) is 29.8 Å². The van der Waals surface area contributed by atoms with Crippen molar-refractivity contribution >= 4 is 17.6 Å². The molecule has 3 amide bonds. The molecule has 0 N–H and O–H groups in total. The van der Waals surface area contributed by atoms with Crippen LogP contribution in [-0.4, -0.2) is 67.7 Å². The number of hydrogen-bond acceptors (Lipinski definition) is 3. The second kappa shape index (κ2) is 7.21. The van der Waals surface area contributed by atoms with E-state index in [-0.39, 0.29) is 18.5 Å². The molecule has 2 saturated heterocycles. The van der Waals surface area contributed by atoms with Crippen LogP contribution in [0.4, 0.5) is 10.5 Å². The quantitative estimate of drug-likeness (QED) is 0.847. The fourth-order valence-corrected chi connectivity index (χ4v) is 3.08. The van der Waals surface area contributed by atoms with Crippen LogP contribution in [0.25, 0.3) is 0 Å². The first-order valence-corrected chi connectivity index (χ1v) is 8.58. The Hall–Kier alpha value is -2.08. The molecule has 3 rings (SSSR count). The third-order valence-electron chi connectivity index (χ3n) is 4.66. The Morgan fingerprint density at radius 2 is 1.75 bits per heavy atom. The van der Waals surface area contributed by atoms with Crippen LogP contribution in [-0.2, 0) is 9.53 Å². The highest BCUT2D eigenvalue weighted by Gasteiger charge is 2.32. The molecule has 1 aromatic carbocycles. The van der Waals surface area contributed by atoms with Gasteiger partial charge in [0.2, 0.25) is 5.91 Å². The Bertz CT molecular complexity index is 594. The average molecular weight is 331 g/mol. The molecule has 0 spiro atoms. The molecule has 130 valence electrons. The van der Waals surface area contributed by atoms with Crippen molar-refractivity contribution in [2.75, 3.05) is 50.8 Å². The van der Waals surface area contributed by atoms with Crippen LogP contribution < -0.4 is 4.90 Å². The van der Waals surface area contributed by atoms with E-state index in [0.29, 0.717) is 45.3 Å². The van der Waals surface area contributed by atoms with E-state index in [0.717, 1.165) is 5.69 Å². The number of hydrogen-bond donors (Lipinski definition) is 0. The zero-order valence-corrected chi connectivity index (χ0v) is 14.4. The summed E-state index contributed by atoms with van der Waals surface area (Å²) in [5.74, 6) is 0.472. The number of morpholine rings is 1. The number of rotatable bonds is 4.